The lowest BCUT2D eigenvalue weighted by Gasteiger charge is -2.30. The predicted molar refractivity (Wildman–Crippen MR) is 97.8 cm³/mol. The SMILES string of the molecule is Cn1c(=O)n(C2CCC[NH+]([O-])C2=O)c2ccc(CN3CCNCC3)cc21. The fourth-order valence-corrected chi connectivity index (χ4v) is 4.08. The van der Waals surface area contributed by atoms with Gasteiger partial charge in [-0.15, -0.1) is 0 Å². The molecule has 2 atom stereocenters. The van der Waals surface area contributed by atoms with E-state index in [4.69, 9.17) is 0 Å². The van der Waals surface area contributed by atoms with Crippen LogP contribution in [-0.2, 0) is 18.4 Å². The molecule has 2 aliphatic heterocycles. The Hall–Kier alpha value is -2.00. The number of hydrogen-bond acceptors (Lipinski definition) is 5. The minimum atomic E-state index is -0.661. The van der Waals surface area contributed by atoms with Crippen molar-refractivity contribution in [2.75, 3.05) is 32.7 Å². The number of benzene rings is 1. The number of aryl methyl sites for hydroxylation is 1. The van der Waals surface area contributed by atoms with Crippen LogP contribution in [0.2, 0.25) is 0 Å². The first-order valence-electron chi connectivity index (χ1n) is 9.26. The normalized spacial score (nSPS) is 25.1. The van der Waals surface area contributed by atoms with Gasteiger partial charge in [0.05, 0.1) is 17.6 Å². The van der Waals surface area contributed by atoms with Crippen LogP contribution in [0.1, 0.15) is 24.4 Å². The zero-order valence-electron chi connectivity index (χ0n) is 15.0. The molecule has 2 saturated heterocycles. The highest BCUT2D eigenvalue weighted by Crippen LogP contribution is 2.22. The molecule has 3 heterocycles. The van der Waals surface area contributed by atoms with Gasteiger partial charge in [-0.2, -0.15) is 0 Å². The molecule has 0 bridgehead atoms. The third kappa shape index (κ3) is 2.99. The Morgan fingerprint density at radius 3 is 2.77 bits per heavy atom. The molecule has 2 aromatic rings. The highest BCUT2D eigenvalue weighted by molar-refractivity contribution is 5.81. The van der Waals surface area contributed by atoms with Crippen LogP contribution in [0, 0.1) is 5.21 Å². The van der Waals surface area contributed by atoms with Crippen LogP contribution in [0.15, 0.2) is 23.0 Å². The number of nitrogens with one attached hydrogen (secondary N) is 2. The largest absolute Gasteiger partial charge is 0.627 e. The number of hydrogen-bond donors (Lipinski definition) is 2. The Balaban J connectivity index is 1.70. The number of quaternary nitrogens is 1. The monoisotopic (exact) mass is 359 g/mol. The maximum atomic E-state index is 12.8. The van der Waals surface area contributed by atoms with Gasteiger partial charge in [0.25, 0.3) is 0 Å². The molecule has 8 nitrogen and oxygen atoms in total. The van der Waals surface area contributed by atoms with E-state index in [1.807, 2.05) is 18.2 Å². The van der Waals surface area contributed by atoms with Crippen molar-refractivity contribution in [3.8, 4) is 0 Å². The maximum absolute atomic E-state index is 12.8. The van der Waals surface area contributed by atoms with Crippen molar-refractivity contribution >= 4 is 16.9 Å². The summed E-state index contributed by atoms with van der Waals surface area (Å²) in [4.78, 5) is 27.5. The van der Waals surface area contributed by atoms with Gasteiger partial charge < -0.3 is 15.6 Å². The number of carbonyl (C=O) groups is 1. The second-order valence-corrected chi connectivity index (χ2v) is 7.26. The van der Waals surface area contributed by atoms with E-state index in [9.17, 15) is 14.8 Å². The van der Waals surface area contributed by atoms with Crippen molar-refractivity contribution in [2.45, 2.75) is 25.4 Å². The lowest BCUT2D eigenvalue weighted by atomic mass is 10.1. The highest BCUT2D eigenvalue weighted by Gasteiger charge is 2.33. The van der Waals surface area contributed by atoms with Crippen molar-refractivity contribution < 1.29 is 9.86 Å². The minimum absolute atomic E-state index is 0.229. The molecule has 0 aliphatic carbocycles. The third-order valence-corrected chi connectivity index (χ3v) is 5.54. The Morgan fingerprint density at radius 2 is 2.00 bits per heavy atom. The van der Waals surface area contributed by atoms with Gasteiger partial charge in [-0.25, -0.2) is 9.59 Å². The van der Waals surface area contributed by atoms with E-state index < -0.39 is 11.9 Å². The number of piperazine rings is 1. The molecule has 1 aromatic heterocycles. The van der Waals surface area contributed by atoms with Crippen molar-refractivity contribution in [1.29, 1.82) is 0 Å². The summed E-state index contributed by atoms with van der Waals surface area (Å²) >= 11 is 0. The van der Waals surface area contributed by atoms with E-state index in [1.165, 1.54) is 4.57 Å². The van der Waals surface area contributed by atoms with Gasteiger partial charge in [-0.1, -0.05) is 6.07 Å². The number of rotatable bonds is 3. The Kier molecular flexibility index (Phi) is 4.66. The van der Waals surface area contributed by atoms with Crippen LogP contribution in [0.4, 0.5) is 0 Å². The molecular weight excluding hydrogens is 334 g/mol. The van der Waals surface area contributed by atoms with Crippen LogP contribution in [0.25, 0.3) is 11.0 Å². The first-order chi connectivity index (χ1) is 12.6. The van der Waals surface area contributed by atoms with Gasteiger partial charge >= 0.3 is 11.6 Å². The summed E-state index contributed by atoms with van der Waals surface area (Å²) in [6, 6.07) is 5.31. The van der Waals surface area contributed by atoms with E-state index in [1.54, 1.807) is 11.6 Å². The van der Waals surface area contributed by atoms with E-state index in [0.29, 0.717) is 19.4 Å². The molecule has 8 heteroatoms. The van der Waals surface area contributed by atoms with E-state index in [2.05, 4.69) is 10.2 Å². The van der Waals surface area contributed by atoms with E-state index in [-0.39, 0.29) is 10.8 Å². The number of hydroxylamine groups is 2. The fourth-order valence-electron chi connectivity index (χ4n) is 4.08. The summed E-state index contributed by atoms with van der Waals surface area (Å²) in [7, 11) is 1.73. The number of piperidine rings is 1. The average molecular weight is 359 g/mol. The lowest BCUT2D eigenvalue weighted by Crippen LogP contribution is -3.11. The molecule has 140 valence electrons. The van der Waals surface area contributed by atoms with Crippen molar-refractivity contribution in [3.63, 3.8) is 0 Å². The molecular formula is C18H25N5O3. The van der Waals surface area contributed by atoms with Crippen LogP contribution in [0.5, 0.6) is 0 Å². The Bertz CT molecular complexity index is 881. The van der Waals surface area contributed by atoms with Gasteiger partial charge in [0.15, 0.2) is 6.04 Å². The molecule has 0 saturated carbocycles. The molecule has 4 rings (SSSR count). The summed E-state index contributed by atoms with van der Waals surface area (Å²) in [6.45, 7) is 5.15. The molecule has 0 spiro atoms. The summed E-state index contributed by atoms with van der Waals surface area (Å²) in [5, 5.41) is 14.8. The summed E-state index contributed by atoms with van der Waals surface area (Å²) < 4.78 is 3.10. The topological polar surface area (TPSA) is 86.8 Å². The van der Waals surface area contributed by atoms with Crippen molar-refractivity contribution in [2.24, 2.45) is 7.05 Å². The second-order valence-electron chi connectivity index (χ2n) is 7.26. The average Bonchev–Trinajstić information content (AvgIpc) is 2.89. The molecule has 0 radical (unpaired) electrons. The molecule has 2 aliphatic rings. The molecule has 1 aromatic carbocycles. The lowest BCUT2D eigenvalue weighted by molar-refractivity contribution is -0.771. The maximum Gasteiger partial charge on any atom is 0.335 e. The number of carbonyl (C=O) groups excluding carboxylic acids is 1. The zero-order valence-corrected chi connectivity index (χ0v) is 15.0. The number of imidazole rings is 1. The van der Waals surface area contributed by atoms with Gasteiger partial charge in [0.2, 0.25) is 0 Å². The Labute approximate surface area is 151 Å². The molecule has 2 unspecified atom stereocenters. The number of amides is 1. The standard InChI is InChI=1S/C18H25N5O3/c1-20-16-11-13(12-21-9-6-19-7-10-21)4-5-14(16)23(18(20)25)15-3-2-8-22(26)17(15)24/h4-5,11,15,19,22H,2-3,6-10,12H2,1H3. The molecule has 2 N–H and O–H groups in total. The molecule has 26 heavy (non-hydrogen) atoms. The summed E-state index contributed by atoms with van der Waals surface area (Å²) in [5.41, 5.74) is 2.47. The van der Waals surface area contributed by atoms with Crippen molar-refractivity contribution in [3.05, 3.63) is 39.5 Å². The van der Waals surface area contributed by atoms with Gasteiger partial charge in [0, 0.05) is 39.8 Å². The first-order valence-corrected chi connectivity index (χ1v) is 9.26. The smallest absolute Gasteiger partial charge is 0.335 e. The van der Waals surface area contributed by atoms with Crippen LogP contribution in [0.3, 0.4) is 0 Å². The van der Waals surface area contributed by atoms with Gasteiger partial charge in [-0.05, 0) is 30.5 Å². The Morgan fingerprint density at radius 1 is 1.23 bits per heavy atom. The van der Waals surface area contributed by atoms with Crippen LogP contribution >= 0.6 is 0 Å². The van der Waals surface area contributed by atoms with Crippen LogP contribution in [-0.4, -0.2) is 52.7 Å². The fraction of sp³-hybridized carbons (Fsp3) is 0.556. The predicted octanol–water partition coefficient (Wildman–Crippen LogP) is -1.01. The van der Waals surface area contributed by atoms with E-state index >= 15 is 0 Å². The summed E-state index contributed by atoms with van der Waals surface area (Å²) in [5.74, 6) is -0.434. The minimum Gasteiger partial charge on any atom is -0.627 e. The second kappa shape index (κ2) is 6.96. The van der Waals surface area contributed by atoms with Gasteiger partial charge in [-0.3, -0.25) is 14.0 Å². The number of aromatic nitrogens is 2. The van der Waals surface area contributed by atoms with Crippen LogP contribution < -0.4 is 16.1 Å². The number of nitrogens with zero attached hydrogens (tertiary/aromatic N) is 3. The zero-order chi connectivity index (χ0) is 18.3. The summed E-state index contributed by atoms with van der Waals surface area (Å²) in [6.07, 6.45) is 1.20. The van der Waals surface area contributed by atoms with Gasteiger partial charge in [0.1, 0.15) is 0 Å². The first kappa shape index (κ1) is 17.4. The van der Waals surface area contributed by atoms with E-state index in [0.717, 1.165) is 49.3 Å². The highest BCUT2D eigenvalue weighted by atomic mass is 16.5. The number of fused-ring (bicyclic) bond motifs is 1. The quantitative estimate of drug-likeness (QED) is 0.686. The molecule has 1 amide bonds. The molecule has 2 fully saturated rings. The third-order valence-electron chi connectivity index (χ3n) is 5.54. The van der Waals surface area contributed by atoms with Crippen molar-refractivity contribution in [1.82, 2.24) is 19.4 Å².